The SMILES string of the molecule is CCCCc1ccc(NC(=S)NCC(C)(C)N2CCOCC2)cc1. The average Bonchev–Trinajstić information content (AvgIpc) is 2.60. The molecule has 1 heterocycles. The van der Waals surface area contributed by atoms with Crippen molar-refractivity contribution in [2.45, 2.75) is 45.6 Å². The molecule has 1 aliphatic rings. The molecule has 0 spiro atoms. The molecule has 1 aromatic rings. The van der Waals surface area contributed by atoms with Gasteiger partial charge in [-0.05, 0) is 56.6 Å². The number of hydrogen-bond donors (Lipinski definition) is 2. The lowest BCUT2D eigenvalue weighted by Gasteiger charge is -2.41. The lowest BCUT2D eigenvalue weighted by Crippen LogP contribution is -2.55. The summed E-state index contributed by atoms with van der Waals surface area (Å²) < 4.78 is 5.43. The highest BCUT2D eigenvalue weighted by atomic mass is 32.1. The topological polar surface area (TPSA) is 36.5 Å². The van der Waals surface area contributed by atoms with Gasteiger partial charge in [-0.2, -0.15) is 0 Å². The molecule has 24 heavy (non-hydrogen) atoms. The maximum absolute atomic E-state index is 5.44. The summed E-state index contributed by atoms with van der Waals surface area (Å²) in [4.78, 5) is 2.45. The number of anilines is 1. The van der Waals surface area contributed by atoms with Gasteiger partial charge in [-0.3, -0.25) is 4.90 Å². The quantitative estimate of drug-likeness (QED) is 0.738. The van der Waals surface area contributed by atoms with Crippen molar-refractivity contribution >= 4 is 23.0 Å². The van der Waals surface area contributed by atoms with E-state index in [1.54, 1.807) is 0 Å². The minimum absolute atomic E-state index is 0.0551. The van der Waals surface area contributed by atoms with E-state index < -0.39 is 0 Å². The Labute approximate surface area is 152 Å². The predicted octanol–water partition coefficient (Wildman–Crippen LogP) is 3.43. The number of thiocarbonyl (C=S) groups is 1. The molecule has 0 aromatic heterocycles. The molecular formula is C19H31N3OS. The van der Waals surface area contributed by atoms with Gasteiger partial charge in [-0.15, -0.1) is 0 Å². The van der Waals surface area contributed by atoms with Gasteiger partial charge in [0.05, 0.1) is 13.2 Å². The minimum Gasteiger partial charge on any atom is -0.379 e. The van der Waals surface area contributed by atoms with Crippen LogP contribution in [0, 0.1) is 0 Å². The van der Waals surface area contributed by atoms with E-state index in [0.29, 0.717) is 5.11 Å². The molecule has 1 aromatic carbocycles. The number of morpholine rings is 1. The lowest BCUT2D eigenvalue weighted by molar-refractivity contribution is -0.00823. The Morgan fingerprint density at radius 2 is 1.88 bits per heavy atom. The number of unbranched alkanes of at least 4 members (excludes halogenated alkanes) is 1. The summed E-state index contributed by atoms with van der Waals surface area (Å²) in [5, 5.41) is 7.31. The monoisotopic (exact) mass is 349 g/mol. The van der Waals surface area contributed by atoms with Crippen molar-refractivity contribution in [3.63, 3.8) is 0 Å². The van der Waals surface area contributed by atoms with Crippen molar-refractivity contribution in [1.82, 2.24) is 10.2 Å². The zero-order valence-electron chi connectivity index (χ0n) is 15.2. The standard InChI is InChI=1S/C19H31N3OS/c1-4-5-6-16-7-9-17(10-8-16)21-18(24)20-15-19(2,3)22-11-13-23-14-12-22/h7-10H,4-6,11-15H2,1-3H3,(H2,20,21,24). The number of ether oxygens (including phenoxy) is 1. The number of nitrogens with one attached hydrogen (secondary N) is 2. The summed E-state index contributed by atoms with van der Waals surface area (Å²) in [5.74, 6) is 0. The smallest absolute Gasteiger partial charge is 0.170 e. The molecule has 134 valence electrons. The van der Waals surface area contributed by atoms with Crippen LogP contribution in [0.4, 0.5) is 5.69 Å². The van der Waals surface area contributed by atoms with Crippen molar-refractivity contribution in [3.05, 3.63) is 29.8 Å². The van der Waals surface area contributed by atoms with E-state index in [4.69, 9.17) is 17.0 Å². The Morgan fingerprint density at radius 1 is 1.21 bits per heavy atom. The van der Waals surface area contributed by atoms with E-state index in [1.165, 1.54) is 18.4 Å². The van der Waals surface area contributed by atoms with Crippen LogP contribution < -0.4 is 10.6 Å². The van der Waals surface area contributed by atoms with Gasteiger partial charge in [0, 0.05) is 30.9 Å². The Kier molecular flexibility index (Phi) is 7.46. The van der Waals surface area contributed by atoms with E-state index in [0.717, 1.165) is 45.0 Å². The molecule has 0 saturated carbocycles. The molecule has 1 saturated heterocycles. The third-order valence-electron chi connectivity index (χ3n) is 4.58. The van der Waals surface area contributed by atoms with Crippen molar-refractivity contribution in [2.75, 3.05) is 38.2 Å². The second kappa shape index (κ2) is 9.35. The van der Waals surface area contributed by atoms with Gasteiger partial charge in [0.2, 0.25) is 0 Å². The third kappa shape index (κ3) is 6.04. The largest absolute Gasteiger partial charge is 0.379 e. The summed E-state index contributed by atoms with van der Waals surface area (Å²) >= 11 is 5.44. The first kappa shape index (κ1) is 19.2. The van der Waals surface area contributed by atoms with E-state index >= 15 is 0 Å². The molecular weight excluding hydrogens is 318 g/mol. The van der Waals surface area contributed by atoms with Crippen LogP contribution in [0.1, 0.15) is 39.2 Å². The number of nitrogens with zero attached hydrogens (tertiary/aromatic N) is 1. The molecule has 0 radical (unpaired) electrons. The van der Waals surface area contributed by atoms with Gasteiger partial charge in [0.25, 0.3) is 0 Å². The molecule has 1 fully saturated rings. The van der Waals surface area contributed by atoms with Gasteiger partial charge in [-0.1, -0.05) is 25.5 Å². The van der Waals surface area contributed by atoms with Crippen LogP contribution in [0.5, 0.6) is 0 Å². The second-order valence-corrected chi connectivity index (χ2v) is 7.43. The Balaban J connectivity index is 1.77. The minimum atomic E-state index is 0.0551. The molecule has 0 aliphatic carbocycles. The van der Waals surface area contributed by atoms with E-state index in [1.807, 2.05) is 0 Å². The van der Waals surface area contributed by atoms with Gasteiger partial charge in [-0.25, -0.2) is 0 Å². The first-order valence-corrected chi connectivity index (χ1v) is 9.38. The zero-order valence-corrected chi connectivity index (χ0v) is 16.0. The molecule has 0 amide bonds. The van der Waals surface area contributed by atoms with E-state index in [2.05, 4.69) is 60.6 Å². The second-order valence-electron chi connectivity index (χ2n) is 7.02. The molecule has 0 unspecified atom stereocenters. The van der Waals surface area contributed by atoms with Crippen LogP contribution in [-0.2, 0) is 11.2 Å². The maximum atomic E-state index is 5.44. The van der Waals surface area contributed by atoms with E-state index in [9.17, 15) is 0 Å². The van der Waals surface area contributed by atoms with Gasteiger partial charge >= 0.3 is 0 Å². The number of rotatable bonds is 7. The molecule has 0 atom stereocenters. The highest BCUT2D eigenvalue weighted by Gasteiger charge is 2.28. The number of benzene rings is 1. The first-order chi connectivity index (χ1) is 11.5. The molecule has 0 bridgehead atoms. The number of aryl methyl sites for hydroxylation is 1. The highest BCUT2D eigenvalue weighted by Crippen LogP contribution is 2.15. The fourth-order valence-electron chi connectivity index (χ4n) is 2.89. The van der Waals surface area contributed by atoms with Crippen LogP contribution in [0.3, 0.4) is 0 Å². The summed E-state index contributed by atoms with van der Waals surface area (Å²) in [5.41, 5.74) is 2.48. The third-order valence-corrected chi connectivity index (χ3v) is 4.83. The fourth-order valence-corrected chi connectivity index (χ4v) is 3.08. The Bertz CT molecular complexity index is 510. The molecule has 1 aliphatic heterocycles. The fraction of sp³-hybridized carbons (Fsp3) is 0.632. The summed E-state index contributed by atoms with van der Waals surface area (Å²) in [6.45, 7) is 11.1. The van der Waals surface area contributed by atoms with Crippen LogP contribution in [0.15, 0.2) is 24.3 Å². The zero-order chi connectivity index (χ0) is 17.4. The lowest BCUT2D eigenvalue weighted by atomic mass is 10.0. The van der Waals surface area contributed by atoms with Crippen LogP contribution in [0.2, 0.25) is 0 Å². The first-order valence-electron chi connectivity index (χ1n) is 8.98. The van der Waals surface area contributed by atoms with Crippen LogP contribution in [0.25, 0.3) is 0 Å². The van der Waals surface area contributed by atoms with Gasteiger partial charge < -0.3 is 15.4 Å². The normalized spacial score (nSPS) is 16.0. The van der Waals surface area contributed by atoms with Crippen molar-refractivity contribution < 1.29 is 4.74 Å². The summed E-state index contributed by atoms with van der Waals surface area (Å²) in [6.07, 6.45) is 3.61. The van der Waals surface area contributed by atoms with Crippen LogP contribution >= 0.6 is 12.2 Å². The van der Waals surface area contributed by atoms with Crippen molar-refractivity contribution in [2.24, 2.45) is 0 Å². The van der Waals surface area contributed by atoms with Gasteiger partial charge in [0.1, 0.15) is 0 Å². The van der Waals surface area contributed by atoms with Crippen molar-refractivity contribution in [1.29, 1.82) is 0 Å². The summed E-state index contributed by atoms with van der Waals surface area (Å²) in [6, 6.07) is 8.56. The Morgan fingerprint density at radius 3 is 2.50 bits per heavy atom. The molecule has 2 N–H and O–H groups in total. The maximum Gasteiger partial charge on any atom is 0.170 e. The number of hydrogen-bond acceptors (Lipinski definition) is 3. The molecule has 2 rings (SSSR count). The predicted molar refractivity (Wildman–Crippen MR) is 106 cm³/mol. The summed E-state index contributed by atoms with van der Waals surface area (Å²) in [7, 11) is 0. The Hall–Kier alpha value is -1.17. The van der Waals surface area contributed by atoms with Gasteiger partial charge in [0.15, 0.2) is 5.11 Å². The van der Waals surface area contributed by atoms with Crippen molar-refractivity contribution in [3.8, 4) is 0 Å². The highest BCUT2D eigenvalue weighted by molar-refractivity contribution is 7.80. The average molecular weight is 350 g/mol. The van der Waals surface area contributed by atoms with Crippen LogP contribution in [-0.4, -0.2) is 48.4 Å². The van der Waals surface area contributed by atoms with E-state index in [-0.39, 0.29) is 5.54 Å². The molecule has 5 heteroatoms. The molecule has 4 nitrogen and oxygen atoms in total.